The molecule has 0 amide bonds. The normalized spacial score (nSPS) is 21.3. The number of hydrogen-bond acceptors (Lipinski definition) is 3. The molecule has 94 valence electrons. The van der Waals surface area contributed by atoms with Crippen molar-refractivity contribution in [3.63, 3.8) is 0 Å². The van der Waals surface area contributed by atoms with Gasteiger partial charge in [0.1, 0.15) is 12.0 Å². The lowest BCUT2D eigenvalue weighted by Gasteiger charge is -2.30. The SMILES string of the molecule is C=C(c1ncnc2[nH]ccc12)C1CCCN(C)C1. The Morgan fingerprint density at radius 2 is 2.39 bits per heavy atom. The van der Waals surface area contributed by atoms with Crippen LogP contribution in [0.4, 0.5) is 0 Å². The molecule has 0 aliphatic carbocycles. The molecule has 0 radical (unpaired) electrons. The van der Waals surface area contributed by atoms with Crippen LogP contribution in [0.1, 0.15) is 18.5 Å². The first-order chi connectivity index (χ1) is 8.75. The van der Waals surface area contributed by atoms with E-state index in [1.54, 1.807) is 6.33 Å². The lowest BCUT2D eigenvalue weighted by Crippen LogP contribution is -2.32. The van der Waals surface area contributed by atoms with E-state index in [0.29, 0.717) is 5.92 Å². The minimum atomic E-state index is 0.511. The van der Waals surface area contributed by atoms with Crippen LogP contribution in [0.25, 0.3) is 16.6 Å². The second-order valence-corrected chi connectivity index (χ2v) is 5.09. The maximum Gasteiger partial charge on any atom is 0.141 e. The molecule has 1 fully saturated rings. The minimum absolute atomic E-state index is 0.511. The lowest BCUT2D eigenvalue weighted by molar-refractivity contribution is 0.242. The molecule has 0 spiro atoms. The first-order valence-corrected chi connectivity index (χ1v) is 6.41. The van der Waals surface area contributed by atoms with Gasteiger partial charge in [-0.25, -0.2) is 9.97 Å². The largest absolute Gasteiger partial charge is 0.346 e. The highest BCUT2D eigenvalue weighted by Gasteiger charge is 2.22. The molecular formula is C14H18N4. The Balaban J connectivity index is 1.94. The van der Waals surface area contributed by atoms with Crippen LogP contribution in [0.15, 0.2) is 25.2 Å². The van der Waals surface area contributed by atoms with E-state index in [-0.39, 0.29) is 0 Å². The number of aromatic amines is 1. The number of nitrogens with zero attached hydrogens (tertiary/aromatic N) is 3. The number of rotatable bonds is 2. The van der Waals surface area contributed by atoms with Gasteiger partial charge in [0.05, 0.1) is 5.69 Å². The van der Waals surface area contributed by atoms with Gasteiger partial charge in [-0.15, -0.1) is 0 Å². The van der Waals surface area contributed by atoms with Gasteiger partial charge in [-0.05, 0) is 44.0 Å². The van der Waals surface area contributed by atoms with Crippen molar-refractivity contribution < 1.29 is 0 Å². The predicted octanol–water partition coefficient (Wildman–Crippen LogP) is 2.31. The molecule has 3 heterocycles. The molecule has 0 saturated carbocycles. The quantitative estimate of drug-likeness (QED) is 0.879. The zero-order chi connectivity index (χ0) is 12.5. The highest BCUT2D eigenvalue weighted by Crippen LogP contribution is 2.30. The smallest absolute Gasteiger partial charge is 0.141 e. The van der Waals surface area contributed by atoms with E-state index in [9.17, 15) is 0 Å². The molecule has 4 heteroatoms. The standard InChI is InChI=1S/C14H18N4/c1-10(11-4-3-7-18(2)8-11)13-12-5-6-15-14(12)17-9-16-13/h5-6,9,11H,1,3-4,7-8H2,2H3,(H,15,16,17). The summed E-state index contributed by atoms with van der Waals surface area (Å²) < 4.78 is 0. The van der Waals surface area contributed by atoms with Gasteiger partial charge >= 0.3 is 0 Å². The van der Waals surface area contributed by atoms with E-state index in [4.69, 9.17) is 0 Å². The number of nitrogens with one attached hydrogen (secondary N) is 1. The van der Waals surface area contributed by atoms with Crippen molar-refractivity contribution in [3.05, 3.63) is 30.9 Å². The molecule has 2 aromatic heterocycles. The van der Waals surface area contributed by atoms with Crippen LogP contribution in [0, 0.1) is 5.92 Å². The molecule has 2 aromatic rings. The summed E-state index contributed by atoms with van der Waals surface area (Å²) in [5, 5.41) is 1.08. The molecule has 1 saturated heterocycles. The molecule has 3 rings (SSSR count). The van der Waals surface area contributed by atoms with Crippen LogP contribution < -0.4 is 0 Å². The van der Waals surface area contributed by atoms with E-state index in [1.165, 1.54) is 19.4 Å². The Morgan fingerprint density at radius 1 is 1.50 bits per heavy atom. The third-order valence-electron chi connectivity index (χ3n) is 3.78. The number of fused-ring (bicyclic) bond motifs is 1. The second-order valence-electron chi connectivity index (χ2n) is 5.09. The Bertz CT molecular complexity index is 572. The predicted molar refractivity (Wildman–Crippen MR) is 73.1 cm³/mol. The minimum Gasteiger partial charge on any atom is -0.346 e. The van der Waals surface area contributed by atoms with Crippen LogP contribution in [-0.2, 0) is 0 Å². The van der Waals surface area contributed by atoms with Crippen molar-refractivity contribution in [2.24, 2.45) is 5.92 Å². The fourth-order valence-corrected chi connectivity index (χ4v) is 2.77. The van der Waals surface area contributed by atoms with Gasteiger partial charge < -0.3 is 9.88 Å². The van der Waals surface area contributed by atoms with Crippen LogP contribution in [0.2, 0.25) is 0 Å². The summed E-state index contributed by atoms with van der Waals surface area (Å²) in [7, 11) is 2.17. The van der Waals surface area contributed by atoms with Gasteiger partial charge in [-0.2, -0.15) is 0 Å². The molecule has 1 atom stereocenters. The van der Waals surface area contributed by atoms with E-state index >= 15 is 0 Å². The molecule has 0 aromatic carbocycles. The summed E-state index contributed by atoms with van der Waals surface area (Å²) in [6.07, 6.45) is 5.97. The monoisotopic (exact) mass is 242 g/mol. The van der Waals surface area contributed by atoms with Crippen LogP contribution >= 0.6 is 0 Å². The fraction of sp³-hybridized carbons (Fsp3) is 0.429. The Kier molecular flexibility index (Phi) is 2.88. The molecule has 18 heavy (non-hydrogen) atoms. The number of likely N-dealkylation sites (tertiary alicyclic amines) is 1. The van der Waals surface area contributed by atoms with Crippen molar-refractivity contribution in [3.8, 4) is 0 Å². The van der Waals surface area contributed by atoms with Crippen molar-refractivity contribution in [2.45, 2.75) is 12.8 Å². The van der Waals surface area contributed by atoms with Crippen molar-refractivity contribution in [1.29, 1.82) is 0 Å². The molecule has 4 nitrogen and oxygen atoms in total. The average molecular weight is 242 g/mol. The summed E-state index contributed by atoms with van der Waals surface area (Å²) in [6, 6.07) is 2.03. The van der Waals surface area contributed by atoms with Crippen LogP contribution in [-0.4, -0.2) is 40.0 Å². The van der Waals surface area contributed by atoms with Gasteiger partial charge in [0.25, 0.3) is 0 Å². The fourth-order valence-electron chi connectivity index (χ4n) is 2.77. The number of H-pyrrole nitrogens is 1. The maximum atomic E-state index is 4.43. The van der Waals surface area contributed by atoms with Crippen molar-refractivity contribution >= 4 is 16.6 Å². The van der Waals surface area contributed by atoms with Crippen molar-refractivity contribution in [2.75, 3.05) is 20.1 Å². The van der Waals surface area contributed by atoms with Crippen molar-refractivity contribution in [1.82, 2.24) is 19.9 Å². The summed E-state index contributed by atoms with van der Waals surface area (Å²) >= 11 is 0. The summed E-state index contributed by atoms with van der Waals surface area (Å²) in [4.78, 5) is 14.2. The first-order valence-electron chi connectivity index (χ1n) is 6.41. The zero-order valence-corrected chi connectivity index (χ0v) is 10.7. The second kappa shape index (κ2) is 4.53. The summed E-state index contributed by atoms with van der Waals surface area (Å²) in [5.74, 6) is 0.511. The molecule has 1 aliphatic heterocycles. The van der Waals surface area contributed by atoms with E-state index in [0.717, 1.165) is 28.8 Å². The topological polar surface area (TPSA) is 44.8 Å². The Labute approximate surface area is 107 Å². The Hall–Kier alpha value is -1.68. The molecule has 1 N–H and O–H groups in total. The maximum absolute atomic E-state index is 4.43. The van der Waals surface area contributed by atoms with Gasteiger partial charge in [0.15, 0.2) is 0 Å². The van der Waals surface area contributed by atoms with E-state index in [1.807, 2.05) is 12.3 Å². The highest BCUT2D eigenvalue weighted by molar-refractivity contribution is 5.87. The van der Waals surface area contributed by atoms with Crippen LogP contribution in [0.5, 0.6) is 0 Å². The summed E-state index contributed by atoms with van der Waals surface area (Å²) in [6.45, 7) is 6.55. The van der Waals surface area contributed by atoms with Gasteiger partial charge in [-0.3, -0.25) is 0 Å². The van der Waals surface area contributed by atoms with Gasteiger partial charge in [0.2, 0.25) is 0 Å². The molecule has 0 bridgehead atoms. The molecule has 1 unspecified atom stereocenters. The van der Waals surface area contributed by atoms with Gasteiger partial charge in [0, 0.05) is 18.1 Å². The number of aromatic nitrogens is 3. The lowest BCUT2D eigenvalue weighted by atomic mass is 9.89. The van der Waals surface area contributed by atoms with E-state index < -0.39 is 0 Å². The van der Waals surface area contributed by atoms with Gasteiger partial charge in [-0.1, -0.05) is 6.58 Å². The number of piperidine rings is 1. The average Bonchev–Trinajstić information content (AvgIpc) is 2.86. The van der Waals surface area contributed by atoms with Crippen LogP contribution in [0.3, 0.4) is 0 Å². The third-order valence-corrected chi connectivity index (χ3v) is 3.78. The molecule has 1 aliphatic rings. The Morgan fingerprint density at radius 3 is 3.22 bits per heavy atom. The summed E-state index contributed by atoms with van der Waals surface area (Å²) in [5.41, 5.74) is 3.04. The number of hydrogen-bond donors (Lipinski definition) is 1. The van der Waals surface area contributed by atoms with E-state index in [2.05, 4.69) is 33.5 Å². The first kappa shape index (κ1) is 11.4. The molecular weight excluding hydrogens is 224 g/mol. The highest BCUT2D eigenvalue weighted by atomic mass is 15.1. The third kappa shape index (κ3) is 1.93. The zero-order valence-electron chi connectivity index (χ0n) is 10.7.